The Labute approximate surface area is 352 Å². The summed E-state index contributed by atoms with van der Waals surface area (Å²) in [6.45, 7) is 4.00. The fourth-order valence-corrected chi connectivity index (χ4v) is 9.02. The molecule has 0 heterocycles. The van der Waals surface area contributed by atoms with E-state index in [0.29, 0.717) is 0 Å². The number of hydrogen-bond donors (Lipinski definition) is 0. The van der Waals surface area contributed by atoms with Crippen LogP contribution >= 0.6 is 0 Å². The van der Waals surface area contributed by atoms with Gasteiger partial charge in [-0.2, -0.15) is 0 Å². The van der Waals surface area contributed by atoms with Crippen LogP contribution in [0.5, 0.6) is 0 Å². The lowest BCUT2D eigenvalue weighted by Crippen LogP contribution is -1.92. The first-order valence-corrected chi connectivity index (χ1v) is 21.1. The van der Waals surface area contributed by atoms with Gasteiger partial charge in [0.05, 0.1) is 0 Å². The summed E-state index contributed by atoms with van der Waals surface area (Å²) in [6.07, 6.45) is 0. The van der Waals surface area contributed by atoms with Crippen LogP contribution in [0, 0.1) is 0 Å². The first-order valence-electron chi connectivity index (χ1n) is 21.1. The summed E-state index contributed by atoms with van der Waals surface area (Å²) >= 11 is 0. The Balaban J connectivity index is 0.00000213. The Morgan fingerprint density at radius 2 is 0.617 bits per heavy atom. The number of benzene rings is 11. The Morgan fingerprint density at radius 1 is 0.200 bits per heavy atom. The van der Waals surface area contributed by atoms with Gasteiger partial charge in [-0.05, 0) is 146 Å². The molecule has 0 heteroatoms. The van der Waals surface area contributed by atoms with Crippen molar-refractivity contribution in [2.24, 2.45) is 0 Å². The van der Waals surface area contributed by atoms with Crippen molar-refractivity contribution < 1.29 is 0 Å². The minimum absolute atomic E-state index is 1.20. The van der Waals surface area contributed by atoms with E-state index in [2.05, 4.69) is 231 Å². The maximum atomic E-state index is 2.44. The molecule has 0 unspecified atom stereocenters. The zero-order chi connectivity index (χ0) is 40.4. The molecule has 0 fully saturated rings. The zero-order valence-electron chi connectivity index (χ0n) is 33.9. The van der Waals surface area contributed by atoms with Crippen molar-refractivity contribution in [2.45, 2.75) is 13.8 Å². The Kier molecular flexibility index (Phi) is 9.81. The molecule has 0 atom stereocenters. The van der Waals surface area contributed by atoms with Gasteiger partial charge in [0.25, 0.3) is 0 Å². The van der Waals surface area contributed by atoms with E-state index >= 15 is 0 Å². The summed E-state index contributed by atoms with van der Waals surface area (Å²) in [5.41, 5.74) is 14.7. The lowest BCUT2D eigenvalue weighted by Gasteiger charge is -2.19. The van der Waals surface area contributed by atoms with Crippen LogP contribution < -0.4 is 0 Å². The van der Waals surface area contributed by atoms with E-state index < -0.39 is 0 Å². The van der Waals surface area contributed by atoms with Crippen LogP contribution in [-0.4, -0.2) is 0 Å². The van der Waals surface area contributed by atoms with Crippen LogP contribution in [0.4, 0.5) is 0 Å². The summed E-state index contributed by atoms with van der Waals surface area (Å²) in [5.74, 6) is 0. The van der Waals surface area contributed by atoms with Crippen molar-refractivity contribution in [1.29, 1.82) is 0 Å². The average molecular weight is 765 g/mol. The highest BCUT2D eigenvalue weighted by molar-refractivity contribution is 6.22. The Hall–Kier alpha value is -7.54. The second-order valence-corrected chi connectivity index (χ2v) is 15.3. The molecule has 11 aromatic rings. The standard InChI is InChI=1S/C58H38.C2H6/c1-3-15-39(16-4-1)43-21-13-23-45(33-43)50-36-48-31-32-49(58-53-27-11-9-25-51(53)57(41-18-5-2-6-19-41)52-26-10-12-28-54(52)58)37-55(48)56(38-50)47-24-14-22-44(35-47)46-30-29-40-17-7-8-20-42(40)34-46;1-2/h1-38H;1-2H3. The van der Waals surface area contributed by atoms with Gasteiger partial charge >= 0.3 is 0 Å². The van der Waals surface area contributed by atoms with Crippen LogP contribution in [0.25, 0.3) is 110 Å². The predicted octanol–water partition coefficient (Wildman–Crippen LogP) is 17.3. The molecule has 0 saturated carbocycles. The molecule has 0 saturated heterocycles. The predicted molar refractivity (Wildman–Crippen MR) is 260 cm³/mol. The number of fused-ring (bicyclic) bond motifs is 4. The maximum absolute atomic E-state index is 2.44. The van der Waals surface area contributed by atoms with Gasteiger partial charge in [-0.3, -0.25) is 0 Å². The summed E-state index contributed by atoms with van der Waals surface area (Å²) < 4.78 is 0. The largest absolute Gasteiger partial charge is 0.0683 e. The molecule has 0 nitrogen and oxygen atoms in total. The van der Waals surface area contributed by atoms with Gasteiger partial charge < -0.3 is 0 Å². The molecule has 0 aliphatic rings. The van der Waals surface area contributed by atoms with E-state index in [4.69, 9.17) is 0 Å². The quantitative estimate of drug-likeness (QED) is 0.148. The second-order valence-electron chi connectivity index (χ2n) is 15.3. The Morgan fingerprint density at radius 3 is 1.27 bits per heavy atom. The van der Waals surface area contributed by atoms with Crippen LogP contribution in [-0.2, 0) is 0 Å². The normalized spacial score (nSPS) is 11.2. The summed E-state index contributed by atoms with van der Waals surface area (Å²) in [6, 6.07) is 84.7. The SMILES string of the molecule is CC.c1ccc(-c2cccc(-c3cc(-c4cccc(-c5ccc6ccccc6c5)c4)c4cc(-c5c6ccccc6c(-c6ccccc6)c6ccccc56)ccc4c3)c2)cc1. The minimum Gasteiger partial charge on any atom is -0.0683 e. The average Bonchev–Trinajstić information content (AvgIpc) is 3.33. The maximum Gasteiger partial charge on any atom is -0.00261 e. The van der Waals surface area contributed by atoms with E-state index in [1.807, 2.05) is 13.8 Å². The van der Waals surface area contributed by atoms with E-state index in [1.54, 1.807) is 0 Å². The van der Waals surface area contributed by atoms with E-state index in [1.165, 1.54) is 110 Å². The van der Waals surface area contributed by atoms with Gasteiger partial charge in [-0.1, -0.05) is 208 Å². The summed E-state index contributed by atoms with van der Waals surface area (Å²) in [5, 5.41) is 9.99. The zero-order valence-corrected chi connectivity index (χ0v) is 33.9. The molecule has 0 spiro atoms. The molecule has 60 heavy (non-hydrogen) atoms. The van der Waals surface area contributed by atoms with Gasteiger partial charge in [0.1, 0.15) is 0 Å². The first-order chi connectivity index (χ1) is 29.7. The van der Waals surface area contributed by atoms with E-state index in [0.717, 1.165) is 0 Å². The van der Waals surface area contributed by atoms with Gasteiger partial charge in [0.2, 0.25) is 0 Å². The molecule has 0 aliphatic heterocycles. The molecule has 0 bridgehead atoms. The molecule has 11 rings (SSSR count). The van der Waals surface area contributed by atoms with Gasteiger partial charge in [-0.15, -0.1) is 0 Å². The highest BCUT2D eigenvalue weighted by Gasteiger charge is 2.18. The lowest BCUT2D eigenvalue weighted by molar-refractivity contribution is 1.50. The van der Waals surface area contributed by atoms with E-state index in [9.17, 15) is 0 Å². The van der Waals surface area contributed by atoms with Crippen molar-refractivity contribution in [3.8, 4) is 66.8 Å². The van der Waals surface area contributed by atoms with Gasteiger partial charge in [0.15, 0.2) is 0 Å². The summed E-state index contributed by atoms with van der Waals surface area (Å²) in [7, 11) is 0. The third-order valence-corrected chi connectivity index (χ3v) is 11.8. The lowest BCUT2D eigenvalue weighted by atomic mass is 9.84. The monoisotopic (exact) mass is 764 g/mol. The molecule has 284 valence electrons. The fourth-order valence-electron chi connectivity index (χ4n) is 9.02. The van der Waals surface area contributed by atoms with Crippen molar-refractivity contribution in [3.63, 3.8) is 0 Å². The van der Waals surface area contributed by atoms with E-state index in [-0.39, 0.29) is 0 Å². The van der Waals surface area contributed by atoms with Crippen molar-refractivity contribution in [1.82, 2.24) is 0 Å². The smallest absolute Gasteiger partial charge is 0.00261 e. The van der Waals surface area contributed by atoms with Crippen LogP contribution in [0.2, 0.25) is 0 Å². The number of rotatable bonds is 6. The third kappa shape index (κ3) is 6.73. The topological polar surface area (TPSA) is 0 Å². The van der Waals surface area contributed by atoms with Gasteiger partial charge in [-0.25, -0.2) is 0 Å². The van der Waals surface area contributed by atoms with Crippen molar-refractivity contribution in [2.75, 3.05) is 0 Å². The highest BCUT2D eigenvalue weighted by Crippen LogP contribution is 2.45. The minimum atomic E-state index is 1.20. The highest BCUT2D eigenvalue weighted by atomic mass is 14.2. The molecule has 11 aromatic carbocycles. The second kappa shape index (κ2) is 16.0. The molecule has 0 aliphatic carbocycles. The summed E-state index contributed by atoms with van der Waals surface area (Å²) in [4.78, 5) is 0. The van der Waals surface area contributed by atoms with Crippen LogP contribution in [0.1, 0.15) is 13.8 Å². The van der Waals surface area contributed by atoms with Crippen molar-refractivity contribution >= 4 is 43.1 Å². The Bertz CT molecular complexity index is 3260. The molecule has 0 N–H and O–H groups in total. The molecule has 0 aromatic heterocycles. The van der Waals surface area contributed by atoms with Crippen LogP contribution in [0.15, 0.2) is 231 Å². The molecule has 0 amide bonds. The first kappa shape index (κ1) is 36.8. The third-order valence-electron chi connectivity index (χ3n) is 11.8. The molecular weight excluding hydrogens is 721 g/mol. The number of hydrogen-bond acceptors (Lipinski definition) is 0. The molecule has 0 radical (unpaired) electrons. The molecular formula is C60H44. The van der Waals surface area contributed by atoms with Gasteiger partial charge in [0, 0.05) is 0 Å². The van der Waals surface area contributed by atoms with Crippen LogP contribution in [0.3, 0.4) is 0 Å². The van der Waals surface area contributed by atoms with Crippen molar-refractivity contribution in [3.05, 3.63) is 231 Å². The fraction of sp³-hybridized carbons (Fsp3) is 0.0333.